The maximum Gasteiger partial charge on any atom is 0.213 e. The fourth-order valence-electron chi connectivity index (χ4n) is 1.65. The molecule has 0 bridgehead atoms. The van der Waals surface area contributed by atoms with E-state index in [1.165, 1.54) is 23.1 Å². The lowest BCUT2D eigenvalue weighted by atomic mass is 10.1. The average molecular weight is 231 g/mol. The van der Waals surface area contributed by atoms with Crippen molar-refractivity contribution in [1.29, 1.82) is 0 Å². The van der Waals surface area contributed by atoms with Crippen LogP contribution in [0.15, 0.2) is 29.1 Å². The first-order valence-corrected chi connectivity index (χ1v) is 5.78. The quantitative estimate of drug-likeness (QED) is 0.800. The lowest BCUT2D eigenvalue weighted by Crippen LogP contribution is -2.17. The van der Waals surface area contributed by atoms with E-state index >= 15 is 0 Å². The Bertz CT molecular complexity index is 466. The Hall–Kier alpha value is -1.68. The molecule has 2 rings (SSSR count). The highest BCUT2D eigenvalue weighted by Gasteiger charge is 1.99. The first kappa shape index (κ1) is 11.8. The van der Waals surface area contributed by atoms with Gasteiger partial charge in [-0.15, -0.1) is 0 Å². The van der Waals surface area contributed by atoms with Crippen LogP contribution in [0.2, 0.25) is 0 Å². The van der Waals surface area contributed by atoms with E-state index in [1.807, 2.05) is 0 Å². The van der Waals surface area contributed by atoms with Crippen LogP contribution in [0.4, 0.5) is 0 Å². The van der Waals surface area contributed by atoms with Gasteiger partial charge >= 0.3 is 0 Å². The van der Waals surface area contributed by atoms with Crippen molar-refractivity contribution in [1.82, 2.24) is 15.5 Å². The molecule has 0 aliphatic rings. The zero-order valence-corrected chi connectivity index (χ0v) is 10.2. The van der Waals surface area contributed by atoms with E-state index in [0.29, 0.717) is 0 Å². The molecule has 1 heterocycles. The second-order valence-electron chi connectivity index (χ2n) is 4.19. The van der Waals surface area contributed by atoms with E-state index in [9.17, 15) is 0 Å². The number of rotatable bonds is 5. The van der Waals surface area contributed by atoms with E-state index in [1.54, 1.807) is 0 Å². The second kappa shape index (κ2) is 5.59. The highest BCUT2D eigenvalue weighted by Crippen LogP contribution is 2.09. The fraction of sp³-hybridized carbons (Fsp3) is 0.385. The summed E-state index contributed by atoms with van der Waals surface area (Å²) in [6.07, 6.45) is 2.15. The second-order valence-corrected chi connectivity index (χ2v) is 4.19. The van der Waals surface area contributed by atoms with Gasteiger partial charge < -0.3 is 9.84 Å². The van der Waals surface area contributed by atoms with Crippen LogP contribution < -0.4 is 5.32 Å². The normalized spacial score (nSPS) is 10.7. The highest BCUT2D eigenvalue weighted by molar-refractivity contribution is 5.29. The van der Waals surface area contributed by atoms with Crippen LogP contribution in [0.5, 0.6) is 0 Å². The van der Waals surface area contributed by atoms with Crippen molar-refractivity contribution in [2.45, 2.75) is 26.8 Å². The summed E-state index contributed by atoms with van der Waals surface area (Å²) in [7, 11) is 0. The SMILES string of the molecule is Cc1ccc(CNCCc2ncon2)cc1C. The first-order valence-electron chi connectivity index (χ1n) is 5.78. The summed E-state index contributed by atoms with van der Waals surface area (Å²) in [5, 5.41) is 7.13. The van der Waals surface area contributed by atoms with E-state index < -0.39 is 0 Å². The zero-order valence-electron chi connectivity index (χ0n) is 10.2. The topological polar surface area (TPSA) is 51.0 Å². The molecule has 4 heteroatoms. The van der Waals surface area contributed by atoms with Gasteiger partial charge in [0.15, 0.2) is 5.82 Å². The van der Waals surface area contributed by atoms with Gasteiger partial charge in [0.2, 0.25) is 6.39 Å². The molecular formula is C13H17N3O. The molecule has 4 nitrogen and oxygen atoms in total. The molecular weight excluding hydrogens is 214 g/mol. The van der Waals surface area contributed by atoms with E-state index in [-0.39, 0.29) is 0 Å². The molecule has 0 atom stereocenters. The standard InChI is InChI=1S/C13H17N3O/c1-10-3-4-12(7-11(10)2)8-14-6-5-13-15-9-17-16-13/h3-4,7,9,14H,5-6,8H2,1-2H3. The van der Waals surface area contributed by atoms with Gasteiger partial charge in [-0.1, -0.05) is 23.4 Å². The molecule has 0 aliphatic heterocycles. The number of hydrogen-bond donors (Lipinski definition) is 1. The molecule has 1 N–H and O–H groups in total. The van der Waals surface area contributed by atoms with Gasteiger partial charge in [-0.25, -0.2) is 0 Å². The van der Waals surface area contributed by atoms with Crippen molar-refractivity contribution in [2.75, 3.05) is 6.54 Å². The summed E-state index contributed by atoms with van der Waals surface area (Å²) in [6, 6.07) is 6.53. The number of aromatic nitrogens is 2. The summed E-state index contributed by atoms with van der Waals surface area (Å²) in [5.74, 6) is 0.748. The maximum atomic E-state index is 4.67. The monoisotopic (exact) mass is 231 g/mol. The molecule has 17 heavy (non-hydrogen) atoms. The van der Waals surface area contributed by atoms with Gasteiger partial charge in [0.25, 0.3) is 0 Å². The predicted molar refractivity (Wildman–Crippen MR) is 65.6 cm³/mol. The van der Waals surface area contributed by atoms with Gasteiger partial charge in [-0.3, -0.25) is 0 Å². The summed E-state index contributed by atoms with van der Waals surface area (Å²) in [6.45, 7) is 5.99. The molecule has 1 aromatic heterocycles. The highest BCUT2D eigenvalue weighted by atomic mass is 16.5. The van der Waals surface area contributed by atoms with Crippen molar-refractivity contribution >= 4 is 0 Å². The van der Waals surface area contributed by atoms with E-state index in [2.05, 4.69) is 52.0 Å². The molecule has 0 radical (unpaired) electrons. The van der Waals surface area contributed by atoms with Crippen molar-refractivity contribution in [3.63, 3.8) is 0 Å². The number of nitrogens with zero attached hydrogens (tertiary/aromatic N) is 2. The van der Waals surface area contributed by atoms with Crippen molar-refractivity contribution in [3.05, 3.63) is 47.1 Å². The lowest BCUT2D eigenvalue weighted by Gasteiger charge is -2.06. The number of nitrogens with one attached hydrogen (secondary N) is 1. The molecule has 2 aromatic rings. The summed E-state index contributed by atoms with van der Waals surface area (Å²) in [5.41, 5.74) is 3.98. The molecule has 0 spiro atoms. The van der Waals surface area contributed by atoms with Crippen LogP contribution in [0.3, 0.4) is 0 Å². The molecule has 0 fully saturated rings. The van der Waals surface area contributed by atoms with E-state index in [0.717, 1.165) is 25.3 Å². The summed E-state index contributed by atoms with van der Waals surface area (Å²) in [4.78, 5) is 3.97. The van der Waals surface area contributed by atoms with Gasteiger partial charge in [-0.2, -0.15) is 4.98 Å². The van der Waals surface area contributed by atoms with Gasteiger partial charge in [0, 0.05) is 19.5 Å². The van der Waals surface area contributed by atoms with Crippen LogP contribution in [-0.4, -0.2) is 16.7 Å². The molecule has 0 aliphatic carbocycles. The van der Waals surface area contributed by atoms with Gasteiger partial charge in [-0.05, 0) is 30.5 Å². The van der Waals surface area contributed by atoms with Crippen LogP contribution in [0, 0.1) is 13.8 Å². The van der Waals surface area contributed by atoms with Crippen molar-refractivity contribution in [2.24, 2.45) is 0 Å². The Kier molecular flexibility index (Phi) is 3.88. The first-order chi connectivity index (χ1) is 8.25. The Morgan fingerprint density at radius 1 is 1.24 bits per heavy atom. The van der Waals surface area contributed by atoms with Crippen molar-refractivity contribution < 1.29 is 4.52 Å². The third kappa shape index (κ3) is 3.39. The third-order valence-electron chi connectivity index (χ3n) is 2.83. The van der Waals surface area contributed by atoms with Gasteiger partial charge in [0.05, 0.1) is 0 Å². The molecule has 0 amide bonds. The van der Waals surface area contributed by atoms with Gasteiger partial charge in [0.1, 0.15) is 0 Å². The summed E-state index contributed by atoms with van der Waals surface area (Å²) >= 11 is 0. The van der Waals surface area contributed by atoms with Crippen LogP contribution in [0.25, 0.3) is 0 Å². The predicted octanol–water partition coefficient (Wildman–Crippen LogP) is 2.02. The van der Waals surface area contributed by atoms with Crippen LogP contribution in [-0.2, 0) is 13.0 Å². The summed E-state index contributed by atoms with van der Waals surface area (Å²) < 4.78 is 4.67. The smallest absolute Gasteiger partial charge is 0.213 e. The molecule has 1 aromatic carbocycles. The minimum absolute atomic E-state index is 0.748. The zero-order chi connectivity index (χ0) is 12.1. The Morgan fingerprint density at radius 3 is 2.82 bits per heavy atom. The largest absolute Gasteiger partial charge is 0.343 e. The molecule has 0 unspecified atom stereocenters. The lowest BCUT2D eigenvalue weighted by molar-refractivity contribution is 0.409. The minimum Gasteiger partial charge on any atom is -0.343 e. The van der Waals surface area contributed by atoms with Crippen LogP contribution >= 0.6 is 0 Å². The average Bonchev–Trinajstić information content (AvgIpc) is 2.82. The number of benzene rings is 1. The number of aryl methyl sites for hydroxylation is 2. The molecule has 90 valence electrons. The van der Waals surface area contributed by atoms with Crippen LogP contribution in [0.1, 0.15) is 22.5 Å². The molecule has 0 saturated heterocycles. The fourth-order valence-corrected chi connectivity index (χ4v) is 1.65. The van der Waals surface area contributed by atoms with Crippen molar-refractivity contribution in [3.8, 4) is 0 Å². The Morgan fingerprint density at radius 2 is 2.12 bits per heavy atom. The Balaban J connectivity index is 1.76. The Labute approximate surface area is 101 Å². The third-order valence-corrected chi connectivity index (χ3v) is 2.83. The van der Waals surface area contributed by atoms with E-state index in [4.69, 9.17) is 0 Å². The number of hydrogen-bond acceptors (Lipinski definition) is 4. The minimum atomic E-state index is 0.748. The maximum absolute atomic E-state index is 4.67. The molecule has 0 saturated carbocycles.